The Morgan fingerprint density at radius 2 is 2.00 bits per heavy atom. The zero-order valence-electron chi connectivity index (χ0n) is 10.9. The molecule has 0 aliphatic carbocycles. The van der Waals surface area contributed by atoms with Gasteiger partial charge in [-0.3, -0.25) is 10.1 Å². The number of methoxy groups -OCH3 is 1. The van der Waals surface area contributed by atoms with E-state index in [1.54, 1.807) is 0 Å². The Morgan fingerprint density at radius 3 is 2.62 bits per heavy atom. The molecule has 2 rings (SSSR count). The van der Waals surface area contributed by atoms with Crippen molar-refractivity contribution in [2.45, 2.75) is 0 Å². The van der Waals surface area contributed by atoms with Crippen molar-refractivity contribution in [2.24, 2.45) is 0 Å². The molecule has 6 nitrogen and oxygen atoms in total. The maximum Gasteiger partial charge on any atom is 0.311 e. The molecule has 2 aromatic rings. The molecular formula is C14H9ClN2O4. The number of hydrogen-bond donors (Lipinski definition) is 0. The second-order valence-corrected chi connectivity index (χ2v) is 4.38. The van der Waals surface area contributed by atoms with Crippen LogP contribution in [0, 0.1) is 21.4 Å². The van der Waals surface area contributed by atoms with Gasteiger partial charge in [0.1, 0.15) is 17.6 Å². The first kappa shape index (κ1) is 14.6. The Kier molecular flexibility index (Phi) is 4.26. The number of nitro groups is 1. The third kappa shape index (κ3) is 3.22. The standard InChI is InChI=1S/C14H9ClN2O4/c1-20-11-4-5-12(17(18)19)14(7-11)21-13-6-10(15)3-2-9(13)8-16/h2-7H,1H3. The van der Waals surface area contributed by atoms with Crippen LogP contribution < -0.4 is 9.47 Å². The van der Waals surface area contributed by atoms with E-state index >= 15 is 0 Å². The van der Waals surface area contributed by atoms with Gasteiger partial charge in [0.05, 0.1) is 17.6 Å². The molecule has 0 N–H and O–H groups in total. The third-order valence-electron chi connectivity index (χ3n) is 2.65. The van der Waals surface area contributed by atoms with Crippen LogP contribution in [0.3, 0.4) is 0 Å². The van der Waals surface area contributed by atoms with Gasteiger partial charge in [-0.1, -0.05) is 11.6 Å². The first-order chi connectivity index (χ1) is 10.0. The number of hydrogen-bond acceptors (Lipinski definition) is 5. The molecule has 2 aromatic carbocycles. The Balaban J connectivity index is 2.50. The molecule has 0 amide bonds. The fraction of sp³-hybridized carbons (Fsp3) is 0.0714. The van der Waals surface area contributed by atoms with Crippen molar-refractivity contribution in [2.75, 3.05) is 7.11 Å². The minimum Gasteiger partial charge on any atom is -0.497 e. The van der Waals surface area contributed by atoms with Crippen molar-refractivity contribution in [3.8, 4) is 23.3 Å². The number of benzene rings is 2. The molecule has 21 heavy (non-hydrogen) atoms. The van der Waals surface area contributed by atoms with E-state index in [1.807, 2.05) is 6.07 Å². The van der Waals surface area contributed by atoms with E-state index in [4.69, 9.17) is 26.3 Å². The molecule has 0 fully saturated rings. The number of nitrogens with zero attached hydrogens (tertiary/aromatic N) is 2. The van der Waals surface area contributed by atoms with E-state index in [1.165, 1.54) is 43.5 Å². The van der Waals surface area contributed by atoms with E-state index in [-0.39, 0.29) is 22.7 Å². The van der Waals surface area contributed by atoms with Crippen molar-refractivity contribution in [3.05, 3.63) is 57.1 Å². The van der Waals surface area contributed by atoms with Gasteiger partial charge in [0.2, 0.25) is 5.75 Å². The molecule has 0 aliphatic rings. The third-order valence-corrected chi connectivity index (χ3v) is 2.88. The van der Waals surface area contributed by atoms with Gasteiger partial charge in [0.25, 0.3) is 0 Å². The van der Waals surface area contributed by atoms with Crippen molar-refractivity contribution >= 4 is 17.3 Å². The van der Waals surface area contributed by atoms with Gasteiger partial charge in [-0.2, -0.15) is 5.26 Å². The fourth-order valence-electron chi connectivity index (χ4n) is 1.65. The molecule has 0 radical (unpaired) electrons. The van der Waals surface area contributed by atoms with Crippen molar-refractivity contribution in [1.29, 1.82) is 5.26 Å². The van der Waals surface area contributed by atoms with E-state index < -0.39 is 4.92 Å². The molecule has 0 saturated carbocycles. The van der Waals surface area contributed by atoms with Crippen molar-refractivity contribution in [3.63, 3.8) is 0 Å². The van der Waals surface area contributed by atoms with Gasteiger partial charge in [-0.15, -0.1) is 0 Å². The summed E-state index contributed by atoms with van der Waals surface area (Å²) in [4.78, 5) is 10.4. The molecular weight excluding hydrogens is 296 g/mol. The highest BCUT2D eigenvalue weighted by atomic mass is 35.5. The molecule has 0 saturated heterocycles. The van der Waals surface area contributed by atoms with Gasteiger partial charge in [-0.25, -0.2) is 0 Å². The predicted molar refractivity (Wildman–Crippen MR) is 75.9 cm³/mol. The van der Waals surface area contributed by atoms with E-state index in [2.05, 4.69) is 0 Å². The maximum absolute atomic E-state index is 11.0. The lowest BCUT2D eigenvalue weighted by molar-refractivity contribution is -0.385. The van der Waals surface area contributed by atoms with Gasteiger partial charge < -0.3 is 9.47 Å². The number of rotatable bonds is 4. The van der Waals surface area contributed by atoms with Crippen LogP contribution >= 0.6 is 11.6 Å². The Labute approximate surface area is 125 Å². The quantitative estimate of drug-likeness (QED) is 0.631. The summed E-state index contributed by atoms with van der Waals surface area (Å²) in [5.74, 6) is 0.510. The summed E-state index contributed by atoms with van der Waals surface area (Å²) in [6, 6.07) is 10.5. The van der Waals surface area contributed by atoms with Crippen LogP contribution in [0.15, 0.2) is 36.4 Å². The van der Waals surface area contributed by atoms with Gasteiger partial charge >= 0.3 is 5.69 Å². The summed E-state index contributed by atoms with van der Waals surface area (Å²) < 4.78 is 10.5. The summed E-state index contributed by atoms with van der Waals surface area (Å²) in [7, 11) is 1.44. The van der Waals surface area contributed by atoms with Crippen LogP contribution in [0.5, 0.6) is 17.2 Å². The van der Waals surface area contributed by atoms with Crippen LogP contribution in [0.1, 0.15) is 5.56 Å². The molecule has 0 bridgehead atoms. The minimum atomic E-state index is -0.578. The smallest absolute Gasteiger partial charge is 0.311 e. The molecule has 0 unspecified atom stereocenters. The lowest BCUT2D eigenvalue weighted by atomic mass is 10.2. The molecule has 7 heteroatoms. The van der Waals surface area contributed by atoms with Crippen LogP contribution in [0.4, 0.5) is 5.69 Å². The lowest BCUT2D eigenvalue weighted by Gasteiger charge is -2.09. The zero-order valence-corrected chi connectivity index (χ0v) is 11.6. The highest BCUT2D eigenvalue weighted by molar-refractivity contribution is 6.30. The second-order valence-electron chi connectivity index (χ2n) is 3.95. The first-order valence-corrected chi connectivity index (χ1v) is 6.13. The Hall–Kier alpha value is -2.78. The van der Waals surface area contributed by atoms with Crippen LogP contribution in [-0.4, -0.2) is 12.0 Å². The fourth-order valence-corrected chi connectivity index (χ4v) is 1.81. The SMILES string of the molecule is COc1ccc([N+](=O)[O-])c(Oc2cc(Cl)ccc2C#N)c1. The van der Waals surface area contributed by atoms with E-state index in [9.17, 15) is 10.1 Å². The maximum atomic E-state index is 11.0. The van der Waals surface area contributed by atoms with Crippen LogP contribution in [0.25, 0.3) is 0 Å². The minimum absolute atomic E-state index is 0.0295. The summed E-state index contributed by atoms with van der Waals surface area (Å²) in [5.41, 5.74) is -0.0174. The van der Waals surface area contributed by atoms with E-state index in [0.717, 1.165) is 0 Å². The summed E-state index contributed by atoms with van der Waals surface area (Å²) in [6.07, 6.45) is 0. The molecule has 0 atom stereocenters. The van der Waals surface area contributed by atoms with E-state index in [0.29, 0.717) is 10.8 Å². The summed E-state index contributed by atoms with van der Waals surface area (Å²) in [5, 5.41) is 20.4. The number of ether oxygens (including phenoxy) is 2. The van der Waals surface area contributed by atoms with Crippen molar-refractivity contribution < 1.29 is 14.4 Å². The topological polar surface area (TPSA) is 85.4 Å². The number of nitriles is 1. The lowest BCUT2D eigenvalue weighted by Crippen LogP contribution is -1.96. The summed E-state index contributed by atoms with van der Waals surface area (Å²) >= 11 is 5.85. The average molecular weight is 305 g/mol. The molecule has 106 valence electrons. The predicted octanol–water partition coefficient (Wildman–Crippen LogP) is 3.92. The monoisotopic (exact) mass is 304 g/mol. The van der Waals surface area contributed by atoms with Crippen LogP contribution in [0.2, 0.25) is 5.02 Å². The highest BCUT2D eigenvalue weighted by Gasteiger charge is 2.18. The van der Waals surface area contributed by atoms with Crippen LogP contribution in [-0.2, 0) is 0 Å². The molecule has 0 heterocycles. The largest absolute Gasteiger partial charge is 0.497 e. The number of halogens is 1. The number of nitro benzene ring substituents is 1. The van der Waals surface area contributed by atoms with Crippen molar-refractivity contribution in [1.82, 2.24) is 0 Å². The molecule has 0 aromatic heterocycles. The zero-order chi connectivity index (χ0) is 15.4. The first-order valence-electron chi connectivity index (χ1n) is 5.75. The Morgan fingerprint density at radius 1 is 1.24 bits per heavy atom. The Bertz CT molecular complexity index is 740. The van der Waals surface area contributed by atoms with Gasteiger partial charge in [0.15, 0.2) is 0 Å². The van der Waals surface area contributed by atoms with Gasteiger partial charge in [-0.05, 0) is 18.2 Å². The average Bonchev–Trinajstić information content (AvgIpc) is 2.47. The molecule has 0 spiro atoms. The molecule has 0 aliphatic heterocycles. The summed E-state index contributed by atoms with van der Waals surface area (Å²) in [6.45, 7) is 0. The van der Waals surface area contributed by atoms with Gasteiger partial charge in [0, 0.05) is 23.2 Å². The normalized spacial score (nSPS) is 9.76. The second kappa shape index (κ2) is 6.11. The highest BCUT2D eigenvalue weighted by Crippen LogP contribution is 2.36.